The summed E-state index contributed by atoms with van der Waals surface area (Å²) in [5, 5.41) is 12.1. The normalized spacial score (nSPS) is 17.0. The van der Waals surface area contributed by atoms with Crippen molar-refractivity contribution >= 4 is 18.2 Å². The van der Waals surface area contributed by atoms with Crippen molar-refractivity contribution in [3.8, 4) is 17.1 Å². The Hall–Kier alpha value is -4.42. The Morgan fingerprint density at radius 2 is 1.84 bits per heavy atom. The van der Waals surface area contributed by atoms with Crippen LogP contribution in [0.2, 0.25) is 0 Å². The summed E-state index contributed by atoms with van der Waals surface area (Å²) in [6.07, 6.45) is 3.74. The van der Waals surface area contributed by atoms with E-state index in [2.05, 4.69) is 20.5 Å². The zero-order chi connectivity index (χ0) is 27.0. The summed E-state index contributed by atoms with van der Waals surface area (Å²) in [4.78, 5) is 31.0. The molecule has 5 rings (SSSR count). The van der Waals surface area contributed by atoms with E-state index in [1.807, 2.05) is 0 Å². The van der Waals surface area contributed by atoms with E-state index in [-0.39, 0.29) is 24.7 Å². The zero-order valence-corrected chi connectivity index (χ0v) is 20.6. The first-order valence-electron chi connectivity index (χ1n) is 11.9. The van der Waals surface area contributed by atoms with Gasteiger partial charge < -0.3 is 15.0 Å². The summed E-state index contributed by atoms with van der Waals surface area (Å²) in [6.45, 7) is 2.53. The molecule has 4 heterocycles. The molecule has 0 aliphatic carbocycles. The molecule has 2 aliphatic rings. The number of hydrazone groups is 1. The van der Waals surface area contributed by atoms with Crippen LogP contribution in [0.3, 0.4) is 0 Å². The Balaban J connectivity index is 1.26. The molecule has 2 aliphatic heterocycles. The van der Waals surface area contributed by atoms with Crippen molar-refractivity contribution in [3.63, 3.8) is 0 Å². The number of hydrogen-bond donors (Lipinski definition) is 1. The fourth-order valence-electron chi connectivity index (χ4n) is 4.44. The number of halogens is 3. The average Bonchev–Trinajstić information content (AvgIpc) is 3.48. The summed E-state index contributed by atoms with van der Waals surface area (Å²) in [6, 6.07) is 3.42. The van der Waals surface area contributed by atoms with Gasteiger partial charge in [-0.3, -0.25) is 14.5 Å². The maximum absolute atomic E-state index is 14.6. The number of aromatic nitrogens is 3. The smallest absolute Gasteiger partial charge is 0.341 e. The molecule has 1 atom stereocenters. The molecule has 3 amide bonds. The van der Waals surface area contributed by atoms with Crippen molar-refractivity contribution in [1.82, 2.24) is 30.0 Å². The summed E-state index contributed by atoms with van der Waals surface area (Å²) < 4.78 is 49.2. The van der Waals surface area contributed by atoms with E-state index in [0.29, 0.717) is 35.5 Å². The Bertz CT molecular complexity index is 1400. The quantitative estimate of drug-likeness (QED) is 0.530. The molecular weight excluding hydrogens is 503 g/mol. The second-order valence-corrected chi connectivity index (χ2v) is 8.91. The fraction of sp³-hybridized carbons (Fsp3) is 0.320. The van der Waals surface area contributed by atoms with Crippen LogP contribution in [0.4, 0.5) is 18.0 Å². The maximum Gasteiger partial charge on any atom is 0.341 e. The summed E-state index contributed by atoms with van der Waals surface area (Å²) >= 11 is 0. The minimum absolute atomic E-state index is 0.0811. The second kappa shape index (κ2) is 10.1. The number of pyridine rings is 1. The van der Waals surface area contributed by atoms with Gasteiger partial charge in [0.2, 0.25) is 0 Å². The number of benzene rings is 1. The Labute approximate surface area is 215 Å². The predicted molar refractivity (Wildman–Crippen MR) is 130 cm³/mol. The molecule has 0 bridgehead atoms. The molecule has 198 valence electrons. The van der Waals surface area contributed by atoms with E-state index in [9.17, 15) is 22.8 Å². The molecule has 0 radical (unpaired) electrons. The molecule has 13 heteroatoms. The molecular formula is C25H24F3N7O3. The summed E-state index contributed by atoms with van der Waals surface area (Å²) in [7, 11) is 1.64. The lowest BCUT2D eigenvalue weighted by molar-refractivity contribution is 0.0256. The molecule has 38 heavy (non-hydrogen) atoms. The third-order valence-corrected chi connectivity index (χ3v) is 6.29. The Morgan fingerprint density at radius 3 is 2.55 bits per heavy atom. The number of hydrogen-bond acceptors (Lipinski definition) is 6. The van der Waals surface area contributed by atoms with Gasteiger partial charge in [-0.2, -0.15) is 10.2 Å². The van der Waals surface area contributed by atoms with Crippen LogP contribution in [-0.2, 0) is 7.05 Å². The number of amides is 3. The molecule has 0 spiro atoms. The number of urea groups is 1. The summed E-state index contributed by atoms with van der Waals surface area (Å²) in [5.41, 5.74) is 1.29. The molecule has 1 aromatic carbocycles. The van der Waals surface area contributed by atoms with Crippen LogP contribution in [0.25, 0.3) is 11.4 Å². The number of carbonyl (C=O) groups is 2. The lowest BCUT2D eigenvalue weighted by atomic mass is 10.0. The van der Waals surface area contributed by atoms with Crippen molar-refractivity contribution < 1.29 is 27.5 Å². The summed E-state index contributed by atoms with van der Waals surface area (Å²) in [5.74, 6) is -2.58. The monoisotopic (exact) mass is 527 g/mol. The standard InChI is InChI=1S/C25H24F3N7O3/c1-3-29-24(36)18-10-32-33(2)23(18)20-9-22(19(28)11-30-20)38-17-12-34(13-17)25(37)35-21(4-5-31-35)14-6-15(26)8-16(27)7-14/h5-11,17,21H,3-4,12-13H2,1-2H3,(H,29,36)/t21-/m0/s1. The van der Waals surface area contributed by atoms with E-state index in [1.54, 1.807) is 14.0 Å². The van der Waals surface area contributed by atoms with Gasteiger partial charge in [-0.1, -0.05) is 0 Å². The van der Waals surface area contributed by atoms with Crippen LogP contribution in [0.5, 0.6) is 5.75 Å². The molecule has 0 saturated carbocycles. The maximum atomic E-state index is 14.6. The first kappa shape index (κ1) is 25.2. The number of aryl methyl sites for hydroxylation is 1. The third kappa shape index (κ3) is 4.78. The van der Waals surface area contributed by atoms with Crippen molar-refractivity contribution in [3.05, 3.63) is 65.2 Å². The highest BCUT2D eigenvalue weighted by Gasteiger charge is 2.39. The van der Waals surface area contributed by atoms with Gasteiger partial charge in [0.15, 0.2) is 11.6 Å². The van der Waals surface area contributed by atoms with Gasteiger partial charge in [-0.05, 0) is 24.6 Å². The van der Waals surface area contributed by atoms with Crippen LogP contribution in [0.1, 0.15) is 35.3 Å². The highest BCUT2D eigenvalue weighted by Crippen LogP contribution is 2.32. The first-order valence-corrected chi connectivity index (χ1v) is 11.9. The van der Waals surface area contributed by atoms with Crippen LogP contribution in [0.15, 0.2) is 41.8 Å². The number of carbonyl (C=O) groups excluding carboxylic acids is 2. The van der Waals surface area contributed by atoms with Crippen molar-refractivity contribution in [2.24, 2.45) is 12.1 Å². The van der Waals surface area contributed by atoms with Crippen LogP contribution < -0.4 is 10.1 Å². The third-order valence-electron chi connectivity index (χ3n) is 6.29. The van der Waals surface area contributed by atoms with Crippen LogP contribution in [0, 0.1) is 17.5 Å². The van der Waals surface area contributed by atoms with Crippen molar-refractivity contribution in [2.75, 3.05) is 19.6 Å². The van der Waals surface area contributed by atoms with Gasteiger partial charge in [0.1, 0.15) is 17.7 Å². The molecule has 3 aromatic rings. The predicted octanol–water partition coefficient (Wildman–Crippen LogP) is 3.26. The van der Waals surface area contributed by atoms with E-state index in [4.69, 9.17) is 4.74 Å². The van der Waals surface area contributed by atoms with E-state index < -0.39 is 35.6 Å². The Morgan fingerprint density at radius 1 is 1.11 bits per heavy atom. The highest BCUT2D eigenvalue weighted by atomic mass is 19.1. The number of likely N-dealkylation sites (tertiary alicyclic amines) is 1. The zero-order valence-electron chi connectivity index (χ0n) is 20.6. The molecule has 10 nitrogen and oxygen atoms in total. The highest BCUT2D eigenvalue weighted by molar-refractivity contribution is 5.99. The van der Waals surface area contributed by atoms with Crippen LogP contribution in [-0.4, -0.2) is 68.6 Å². The minimum Gasteiger partial charge on any atom is -0.483 e. The van der Waals surface area contributed by atoms with Crippen LogP contribution >= 0.6 is 0 Å². The van der Waals surface area contributed by atoms with Gasteiger partial charge in [0.25, 0.3) is 5.91 Å². The fourth-order valence-corrected chi connectivity index (χ4v) is 4.44. The second-order valence-electron chi connectivity index (χ2n) is 8.91. The molecule has 1 saturated heterocycles. The van der Waals surface area contributed by atoms with E-state index in [1.165, 1.54) is 45.2 Å². The minimum atomic E-state index is -0.736. The first-order chi connectivity index (χ1) is 18.2. The van der Waals surface area contributed by atoms with E-state index >= 15 is 0 Å². The van der Waals surface area contributed by atoms with Gasteiger partial charge in [-0.15, -0.1) is 0 Å². The van der Waals surface area contributed by atoms with E-state index in [0.717, 1.165) is 12.3 Å². The SMILES string of the molecule is CCNC(=O)c1cnn(C)c1-c1cc(OC2CN(C(=O)N3N=CC[C@H]3c3cc(F)cc(F)c3)C2)c(F)cn1. The topological polar surface area (TPSA) is 105 Å². The number of nitrogens with one attached hydrogen (secondary N) is 1. The van der Waals surface area contributed by atoms with Crippen molar-refractivity contribution in [2.45, 2.75) is 25.5 Å². The lowest BCUT2D eigenvalue weighted by Gasteiger charge is -2.41. The largest absolute Gasteiger partial charge is 0.483 e. The molecule has 1 fully saturated rings. The number of rotatable bonds is 6. The average molecular weight is 528 g/mol. The van der Waals surface area contributed by atoms with Gasteiger partial charge >= 0.3 is 6.03 Å². The van der Waals surface area contributed by atoms with Gasteiger partial charge in [0.05, 0.1) is 48.5 Å². The molecule has 2 aromatic heterocycles. The van der Waals surface area contributed by atoms with Gasteiger partial charge in [0, 0.05) is 38.4 Å². The Kier molecular flexibility index (Phi) is 6.74. The van der Waals surface area contributed by atoms with Crippen molar-refractivity contribution in [1.29, 1.82) is 0 Å². The molecule has 1 N–H and O–H groups in total. The lowest BCUT2D eigenvalue weighted by Crippen LogP contribution is -2.58. The number of ether oxygens (including phenoxy) is 1. The number of nitrogens with zero attached hydrogens (tertiary/aromatic N) is 6. The van der Waals surface area contributed by atoms with Gasteiger partial charge in [-0.25, -0.2) is 23.0 Å². The molecule has 0 unspecified atom stereocenters.